The number of aryl methyl sites for hydroxylation is 1. The van der Waals surface area contributed by atoms with E-state index < -0.39 is 0 Å². The van der Waals surface area contributed by atoms with Crippen LogP contribution in [0.5, 0.6) is 11.5 Å². The van der Waals surface area contributed by atoms with E-state index in [9.17, 15) is 0 Å². The predicted octanol–water partition coefficient (Wildman–Crippen LogP) is 7.66. The molecule has 0 aliphatic heterocycles. The third-order valence-corrected chi connectivity index (χ3v) is 5.70. The summed E-state index contributed by atoms with van der Waals surface area (Å²) in [5.41, 5.74) is 1.17. The van der Waals surface area contributed by atoms with Crippen LogP contribution >= 0.6 is 79.6 Å². The summed E-state index contributed by atoms with van der Waals surface area (Å²) in [6, 6.07) is 7.98. The second-order valence-electron chi connectivity index (χ2n) is 4.81. The molecule has 0 radical (unpaired) electrons. The standard InChI is InChI=1S/C16H13Br5O2/c1-9-5-11(18)15(12(19)6-9)22-3-2-4-23-16-13(20)7-10(17)8-14(16)21/h5-8H,2-4H2,1H3. The summed E-state index contributed by atoms with van der Waals surface area (Å²) in [6.45, 7) is 3.19. The molecule has 0 saturated carbocycles. The van der Waals surface area contributed by atoms with Gasteiger partial charge in [-0.15, -0.1) is 0 Å². The third kappa shape index (κ3) is 5.73. The molecule has 0 heterocycles. The SMILES string of the molecule is Cc1cc(Br)c(OCCCOc2c(Br)cc(Br)cc2Br)c(Br)c1. The normalized spacial score (nSPS) is 10.7. The van der Waals surface area contributed by atoms with Crippen molar-refractivity contribution in [3.63, 3.8) is 0 Å². The fraction of sp³-hybridized carbons (Fsp3) is 0.250. The maximum Gasteiger partial charge on any atom is 0.147 e. The molecule has 0 atom stereocenters. The van der Waals surface area contributed by atoms with Crippen LogP contribution in [-0.4, -0.2) is 13.2 Å². The van der Waals surface area contributed by atoms with Crippen molar-refractivity contribution < 1.29 is 9.47 Å². The average molecular weight is 637 g/mol. The van der Waals surface area contributed by atoms with Crippen LogP contribution in [0, 0.1) is 6.92 Å². The van der Waals surface area contributed by atoms with E-state index >= 15 is 0 Å². The van der Waals surface area contributed by atoms with Gasteiger partial charge in [-0.2, -0.15) is 0 Å². The van der Waals surface area contributed by atoms with Gasteiger partial charge < -0.3 is 9.47 Å². The summed E-state index contributed by atoms with van der Waals surface area (Å²) in [5.74, 6) is 1.62. The van der Waals surface area contributed by atoms with Gasteiger partial charge in [-0.3, -0.25) is 0 Å². The lowest BCUT2D eigenvalue weighted by atomic mass is 10.2. The zero-order valence-corrected chi connectivity index (χ0v) is 20.1. The second kappa shape index (κ2) is 9.22. The molecule has 0 spiro atoms. The minimum absolute atomic E-state index is 0.569. The van der Waals surface area contributed by atoms with E-state index in [1.165, 1.54) is 5.56 Å². The Bertz CT molecular complexity index is 597. The molecule has 2 aromatic rings. The number of benzene rings is 2. The van der Waals surface area contributed by atoms with Crippen molar-refractivity contribution in [1.29, 1.82) is 0 Å². The van der Waals surface area contributed by atoms with Crippen LogP contribution in [0.2, 0.25) is 0 Å². The molecular formula is C16H13Br5O2. The van der Waals surface area contributed by atoms with E-state index in [1.54, 1.807) is 0 Å². The van der Waals surface area contributed by atoms with Gasteiger partial charge >= 0.3 is 0 Å². The van der Waals surface area contributed by atoms with Gasteiger partial charge in [0, 0.05) is 10.9 Å². The first-order chi connectivity index (χ1) is 10.9. The fourth-order valence-corrected chi connectivity index (χ4v) is 6.03. The Labute approximate surface area is 178 Å². The van der Waals surface area contributed by atoms with Crippen molar-refractivity contribution in [1.82, 2.24) is 0 Å². The van der Waals surface area contributed by atoms with Crippen LogP contribution in [0.25, 0.3) is 0 Å². The van der Waals surface area contributed by atoms with Gasteiger partial charge in [0.15, 0.2) is 0 Å². The molecular weight excluding hydrogens is 624 g/mol. The average Bonchev–Trinajstić information content (AvgIpc) is 2.42. The molecule has 0 saturated heterocycles. The molecule has 7 heteroatoms. The number of rotatable bonds is 6. The van der Waals surface area contributed by atoms with Crippen molar-refractivity contribution in [2.75, 3.05) is 13.2 Å². The van der Waals surface area contributed by atoms with Crippen molar-refractivity contribution in [2.24, 2.45) is 0 Å². The topological polar surface area (TPSA) is 18.5 Å². The lowest BCUT2D eigenvalue weighted by molar-refractivity contribution is 0.244. The number of ether oxygens (including phenoxy) is 2. The van der Waals surface area contributed by atoms with Crippen molar-refractivity contribution in [3.05, 3.63) is 52.2 Å². The van der Waals surface area contributed by atoms with Gasteiger partial charge in [-0.05, 0) is 100 Å². The summed E-state index contributed by atoms with van der Waals surface area (Å²) in [6.07, 6.45) is 0.779. The van der Waals surface area contributed by atoms with E-state index in [-0.39, 0.29) is 0 Å². The van der Waals surface area contributed by atoms with Crippen LogP contribution in [0.1, 0.15) is 12.0 Å². The Kier molecular flexibility index (Phi) is 7.93. The predicted molar refractivity (Wildman–Crippen MR) is 112 cm³/mol. The Balaban J connectivity index is 1.85. The Morgan fingerprint density at radius 1 is 0.696 bits per heavy atom. The highest BCUT2D eigenvalue weighted by atomic mass is 79.9. The van der Waals surface area contributed by atoms with Crippen molar-refractivity contribution in [2.45, 2.75) is 13.3 Å². The molecule has 2 nitrogen and oxygen atoms in total. The van der Waals surface area contributed by atoms with Gasteiger partial charge in [0.25, 0.3) is 0 Å². The highest BCUT2D eigenvalue weighted by Crippen LogP contribution is 2.37. The van der Waals surface area contributed by atoms with Gasteiger partial charge in [0.05, 0.1) is 31.1 Å². The highest BCUT2D eigenvalue weighted by molar-refractivity contribution is 9.12. The largest absolute Gasteiger partial charge is 0.491 e. The van der Waals surface area contributed by atoms with E-state index in [4.69, 9.17) is 9.47 Å². The molecule has 0 N–H and O–H groups in total. The second-order valence-corrected chi connectivity index (χ2v) is 9.14. The van der Waals surface area contributed by atoms with E-state index in [2.05, 4.69) is 79.6 Å². The maximum atomic E-state index is 5.84. The molecule has 0 unspecified atom stereocenters. The first-order valence-electron chi connectivity index (χ1n) is 6.74. The van der Waals surface area contributed by atoms with Gasteiger partial charge in [-0.1, -0.05) is 15.9 Å². The number of hydrogen-bond donors (Lipinski definition) is 0. The zero-order chi connectivity index (χ0) is 17.0. The smallest absolute Gasteiger partial charge is 0.147 e. The summed E-state index contributed by atoms with van der Waals surface area (Å²) < 4.78 is 16.4. The Hall–Kier alpha value is 0.440. The number of halogens is 5. The quantitative estimate of drug-likeness (QED) is 0.303. The monoisotopic (exact) mass is 632 g/mol. The van der Waals surface area contributed by atoms with Crippen LogP contribution in [0.15, 0.2) is 46.6 Å². The summed E-state index contributed by atoms with van der Waals surface area (Å²) in [7, 11) is 0. The molecule has 124 valence electrons. The van der Waals surface area contributed by atoms with E-state index in [1.807, 2.05) is 31.2 Å². The molecule has 0 aliphatic rings. The Morgan fingerprint density at radius 2 is 1.09 bits per heavy atom. The first kappa shape index (κ1) is 19.8. The molecule has 2 aromatic carbocycles. The molecule has 0 aliphatic carbocycles. The molecule has 0 bridgehead atoms. The summed E-state index contributed by atoms with van der Waals surface area (Å²) in [4.78, 5) is 0. The third-order valence-electron chi connectivity index (χ3n) is 2.89. The van der Waals surface area contributed by atoms with Crippen LogP contribution in [0.3, 0.4) is 0 Å². The van der Waals surface area contributed by atoms with E-state index in [0.29, 0.717) is 13.2 Å². The number of hydrogen-bond acceptors (Lipinski definition) is 2. The van der Waals surface area contributed by atoms with Crippen LogP contribution in [0.4, 0.5) is 0 Å². The minimum Gasteiger partial charge on any atom is -0.491 e. The summed E-state index contributed by atoms with van der Waals surface area (Å²) in [5, 5.41) is 0. The molecule has 0 fully saturated rings. The highest BCUT2D eigenvalue weighted by Gasteiger charge is 2.09. The van der Waals surface area contributed by atoms with Crippen molar-refractivity contribution in [3.8, 4) is 11.5 Å². The molecule has 0 amide bonds. The maximum absolute atomic E-state index is 5.84. The molecule has 0 aromatic heterocycles. The van der Waals surface area contributed by atoms with Crippen LogP contribution in [-0.2, 0) is 0 Å². The molecule has 2 rings (SSSR count). The Morgan fingerprint density at radius 3 is 1.52 bits per heavy atom. The molecule has 23 heavy (non-hydrogen) atoms. The van der Waals surface area contributed by atoms with Gasteiger partial charge in [0.2, 0.25) is 0 Å². The van der Waals surface area contributed by atoms with E-state index in [0.717, 1.165) is 40.3 Å². The lowest BCUT2D eigenvalue weighted by Crippen LogP contribution is -2.06. The van der Waals surface area contributed by atoms with Crippen molar-refractivity contribution >= 4 is 79.6 Å². The fourth-order valence-electron chi connectivity index (χ4n) is 1.90. The first-order valence-corrected chi connectivity index (χ1v) is 10.7. The minimum atomic E-state index is 0.569. The van der Waals surface area contributed by atoms with Crippen LogP contribution < -0.4 is 9.47 Å². The zero-order valence-electron chi connectivity index (χ0n) is 12.1. The van der Waals surface area contributed by atoms with Gasteiger partial charge in [0.1, 0.15) is 11.5 Å². The summed E-state index contributed by atoms with van der Waals surface area (Å²) >= 11 is 17.5. The lowest BCUT2D eigenvalue weighted by Gasteiger charge is -2.13. The van der Waals surface area contributed by atoms with Gasteiger partial charge in [-0.25, -0.2) is 0 Å².